The molecule has 2 rings (SSSR count). The van der Waals surface area contributed by atoms with Crippen LogP contribution in [0.3, 0.4) is 0 Å². The van der Waals surface area contributed by atoms with Crippen LogP contribution in [0.1, 0.15) is 38.2 Å². The summed E-state index contributed by atoms with van der Waals surface area (Å²) < 4.78 is 39.7. The summed E-state index contributed by atoms with van der Waals surface area (Å²) in [6.07, 6.45) is 3.33. The number of thioether (sulfide) groups is 1. The standard InChI is InChI=1S/C22H29F3N2S/c1-5-8-13-26(4)14-9-10-15-27-18(6-2)20(7-3)28-21-12-11-17(16-19(21)27)22(23,24)25/h6-7,11-12,16H,2-3,5,8-10,13-15H2,1,4H3. The molecule has 28 heavy (non-hydrogen) atoms. The van der Waals surface area contributed by atoms with Crippen molar-refractivity contribution in [1.82, 2.24) is 4.90 Å². The molecule has 0 bridgehead atoms. The minimum Gasteiger partial charge on any atom is -0.340 e. The van der Waals surface area contributed by atoms with Crippen molar-refractivity contribution >= 4 is 17.4 Å². The molecule has 2 nitrogen and oxygen atoms in total. The van der Waals surface area contributed by atoms with Gasteiger partial charge < -0.3 is 9.80 Å². The van der Waals surface area contributed by atoms with Crippen molar-refractivity contribution in [3.63, 3.8) is 0 Å². The fraction of sp³-hybridized carbons (Fsp3) is 0.455. The monoisotopic (exact) mass is 410 g/mol. The number of rotatable bonds is 10. The largest absolute Gasteiger partial charge is 0.416 e. The van der Waals surface area contributed by atoms with Crippen LogP contribution in [0.15, 0.2) is 59.0 Å². The average molecular weight is 411 g/mol. The van der Waals surface area contributed by atoms with Gasteiger partial charge in [0.1, 0.15) is 0 Å². The van der Waals surface area contributed by atoms with E-state index in [0.717, 1.165) is 47.5 Å². The minimum absolute atomic E-state index is 0.597. The second-order valence-corrected chi connectivity index (χ2v) is 8.04. The third kappa shape index (κ3) is 5.67. The third-order valence-electron chi connectivity index (χ3n) is 4.78. The van der Waals surface area contributed by atoms with Crippen LogP contribution >= 0.6 is 11.8 Å². The highest BCUT2D eigenvalue weighted by Crippen LogP contribution is 2.46. The van der Waals surface area contributed by atoms with Gasteiger partial charge in [-0.05, 0) is 63.7 Å². The summed E-state index contributed by atoms with van der Waals surface area (Å²) in [6.45, 7) is 12.6. The molecule has 6 heteroatoms. The van der Waals surface area contributed by atoms with E-state index in [0.29, 0.717) is 12.2 Å². The van der Waals surface area contributed by atoms with Gasteiger partial charge in [-0.25, -0.2) is 0 Å². The topological polar surface area (TPSA) is 6.48 Å². The fourth-order valence-corrected chi connectivity index (χ4v) is 4.24. The lowest BCUT2D eigenvalue weighted by Crippen LogP contribution is -2.28. The van der Waals surface area contributed by atoms with Crippen LogP contribution in [0.2, 0.25) is 0 Å². The number of hydrogen-bond donors (Lipinski definition) is 0. The lowest BCUT2D eigenvalue weighted by Gasteiger charge is -2.34. The van der Waals surface area contributed by atoms with Gasteiger partial charge in [0.05, 0.1) is 16.9 Å². The Kier molecular flexibility index (Phi) is 8.25. The molecule has 0 aliphatic carbocycles. The molecule has 0 atom stereocenters. The molecule has 0 saturated heterocycles. The lowest BCUT2D eigenvalue weighted by atomic mass is 10.1. The number of anilines is 1. The van der Waals surface area contributed by atoms with E-state index >= 15 is 0 Å². The first-order valence-corrected chi connectivity index (χ1v) is 10.5. The molecule has 0 unspecified atom stereocenters. The number of allylic oxidation sites excluding steroid dienone is 2. The summed E-state index contributed by atoms with van der Waals surface area (Å²) in [4.78, 5) is 6.00. The van der Waals surface area contributed by atoms with Crippen molar-refractivity contribution in [2.24, 2.45) is 0 Å². The Morgan fingerprint density at radius 3 is 2.43 bits per heavy atom. The summed E-state index contributed by atoms with van der Waals surface area (Å²) >= 11 is 1.44. The molecular formula is C22H29F3N2S. The minimum atomic E-state index is -4.36. The molecule has 1 aromatic rings. The molecule has 0 fully saturated rings. The third-order valence-corrected chi connectivity index (χ3v) is 5.94. The predicted molar refractivity (Wildman–Crippen MR) is 114 cm³/mol. The number of unbranched alkanes of at least 4 members (excludes halogenated alkanes) is 2. The highest BCUT2D eigenvalue weighted by Gasteiger charge is 2.33. The van der Waals surface area contributed by atoms with Crippen LogP contribution in [0.25, 0.3) is 0 Å². The van der Waals surface area contributed by atoms with E-state index < -0.39 is 11.7 Å². The predicted octanol–water partition coefficient (Wildman–Crippen LogP) is 6.71. The summed E-state index contributed by atoms with van der Waals surface area (Å²) in [5.41, 5.74) is 0.799. The molecule has 1 aliphatic rings. The number of hydrogen-bond acceptors (Lipinski definition) is 3. The van der Waals surface area contributed by atoms with Crippen LogP contribution in [0, 0.1) is 0 Å². The Balaban J connectivity index is 2.18. The zero-order chi connectivity index (χ0) is 20.7. The maximum atomic E-state index is 13.2. The van der Waals surface area contributed by atoms with E-state index in [1.165, 1.54) is 30.7 Å². The first kappa shape index (κ1) is 22.6. The number of alkyl halides is 3. The lowest BCUT2D eigenvalue weighted by molar-refractivity contribution is -0.137. The molecule has 0 aromatic heterocycles. The average Bonchev–Trinajstić information content (AvgIpc) is 2.67. The van der Waals surface area contributed by atoms with Gasteiger partial charge >= 0.3 is 6.18 Å². The highest BCUT2D eigenvalue weighted by molar-refractivity contribution is 8.03. The maximum absolute atomic E-state index is 13.2. The van der Waals surface area contributed by atoms with Crippen molar-refractivity contribution in [3.05, 3.63) is 59.7 Å². The Morgan fingerprint density at radius 1 is 1.11 bits per heavy atom. The Bertz CT molecular complexity index is 725. The molecule has 0 radical (unpaired) electrons. The number of nitrogens with zero attached hydrogens (tertiary/aromatic N) is 2. The van der Waals surface area contributed by atoms with Crippen LogP contribution in [0.4, 0.5) is 18.9 Å². The molecule has 1 aliphatic heterocycles. The quantitative estimate of drug-likeness (QED) is 0.396. The van der Waals surface area contributed by atoms with Gasteiger partial charge in [-0.15, -0.1) is 0 Å². The molecule has 0 N–H and O–H groups in total. The normalized spacial score (nSPS) is 14.4. The van der Waals surface area contributed by atoms with Crippen LogP contribution in [-0.2, 0) is 6.18 Å². The molecule has 0 amide bonds. The van der Waals surface area contributed by atoms with Gasteiger partial charge in [-0.2, -0.15) is 13.2 Å². The molecular weight excluding hydrogens is 381 g/mol. The van der Waals surface area contributed by atoms with Crippen LogP contribution < -0.4 is 4.90 Å². The Morgan fingerprint density at radius 2 is 1.82 bits per heavy atom. The van der Waals surface area contributed by atoms with Crippen molar-refractivity contribution in [3.8, 4) is 0 Å². The summed E-state index contributed by atoms with van der Waals surface area (Å²) in [5, 5.41) is 0. The number of halogens is 3. The second-order valence-electron chi connectivity index (χ2n) is 6.96. The first-order chi connectivity index (χ1) is 13.3. The van der Waals surface area contributed by atoms with Gasteiger partial charge in [-0.3, -0.25) is 0 Å². The molecule has 0 spiro atoms. The van der Waals surface area contributed by atoms with Gasteiger partial charge in [-0.1, -0.05) is 44.3 Å². The smallest absolute Gasteiger partial charge is 0.340 e. The highest BCUT2D eigenvalue weighted by atomic mass is 32.2. The van der Waals surface area contributed by atoms with Gasteiger partial charge in [0, 0.05) is 16.3 Å². The number of benzene rings is 1. The maximum Gasteiger partial charge on any atom is 0.416 e. The SMILES string of the molecule is C=CC1=C(C=C)N(CCCCN(C)CCCC)c2cc(C(F)(F)F)ccc2S1. The Labute approximate surface area is 170 Å². The van der Waals surface area contributed by atoms with Crippen LogP contribution in [0.5, 0.6) is 0 Å². The van der Waals surface area contributed by atoms with E-state index in [4.69, 9.17) is 0 Å². The van der Waals surface area contributed by atoms with Gasteiger partial charge in [0.25, 0.3) is 0 Å². The molecule has 0 saturated carbocycles. The van der Waals surface area contributed by atoms with E-state index in [1.54, 1.807) is 18.2 Å². The van der Waals surface area contributed by atoms with Crippen molar-refractivity contribution in [2.45, 2.75) is 43.7 Å². The zero-order valence-corrected chi connectivity index (χ0v) is 17.5. The van der Waals surface area contributed by atoms with E-state index in [1.807, 2.05) is 4.90 Å². The van der Waals surface area contributed by atoms with Crippen LogP contribution in [-0.4, -0.2) is 31.6 Å². The van der Waals surface area contributed by atoms with Crippen molar-refractivity contribution in [2.75, 3.05) is 31.6 Å². The van der Waals surface area contributed by atoms with E-state index in [2.05, 4.69) is 32.0 Å². The van der Waals surface area contributed by atoms with E-state index in [-0.39, 0.29) is 0 Å². The van der Waals surface area contributed by atoms with E-state index in [9.17, 15) is 13.2 Å². The van der Waals surface area contributed by atoms with Gasteiger partial charge in [0.2, 0.25) is 0 Å². The second kappa shape index (κ2) is 10.2. The van der Waals surface area contributed by atoms with Gasteiger partial charge in [0.15, 0.2) is 0 Å². The van der Waals surface area contributed by atoms with Crippen molar-refractivity contribution in [1.29, 1.82) is 0 Å². The molecule has 1 heterocycles. The Hall–Kier alpha value is -1.66. The number of fused-ring (bicyclic) bond motifs is 1. The summed E-state index contributed by atoms with van der Waals surface area (Å²) in [6, 6.07) is 3.95. The summed E-state index contributed by atoms with van der Waals surface area (Å²) in [7, 11) is 2.11. The first-order valence-electron chi connectivity index (χ1n) is 9.66. The zero-order valence-electron chi connectivity index (χ0n) is 16.7. The van der Waals surface area contributed by atoms with Crippen molar-refractivity contribution < 1.29 is 13.2 Å². The fourth-order valence-electron chi connectivity index (χ4n) is 3.21. The summed E-state index contributed by atoms with van der Waals surface area (Å²) in [5.74, 6) is 0. The molecule has 1 aromatic carbocycles. The molecule has 154 valence electrons.